The first kappa shape index (κ1) is 11.7. The van der Waals surface area contributed by atoms with E-state index >= 15 is 0 Å². The van der Waals surface area contributed by atoms with Gasteiger partial charge >= 0.3 is 0 Å². The minimum absolute atomic E-state index is 0.198. The molecule has 0 aromatic heterocycles. The molecule has 0 radical (unpaired) electrons. The van der Waals surface area contributed by atoms with Crippen molar-refractivity contribution in [1.29, 1.82) is 5.26 Å². The summed E-state index contributed by atoms with van der Waals surface area (Å²) in [6.07, 6.45) is 8.19. The zero-order valence-electron chi connectivity index (χ0n) is 8.93. The van der Waals surface area contributed by atoms with Gasteiger partial charge in [-0.2, -0.15) is 5.26 Å². The summed E-state index contributed by atoms with van der Waals surface area (Å²) >= 11 is 0. The molecule has 0 saturated carbocycles. The van der Waals surface area contributed by atoms with Crippen molar-refractivity contribution in [3.05, 3.63) is 29.8 Å². The minimum atomic E-state index is 0.198. The van der Waals surface area contributed by atoms with Crippen molar-refractivity contribution in [2.75, 3.05) is 13.7 Å². The number of nitriles is 1. The number of benzene rings is 1. The smallest absolute Gasteiger partial charge is 0.162 e. The lowest BCUT2D eigenvalue weighted by molar-refractivity contribution is 0.331. The molecule has 0 aliphatic heterocycles. The van der Waals surface area contributed by atoms with Crippen LogP contribution in [0.5, 0.6) is 11.5 Å². The van der Waals surface area contributed by atoms with E-state index in [1.54, 1.807) is 25.3 Å². The Balaban J connectivity index is 2.94. The number of terminal acetylenes is 1. The van der Waals surface area contributed by atoms with Crippen molar-refractivity contribution >= 4 is 6.08 Å². The number of hydrogen-bond donors (Lipinski definition) is 0. The van der Waals surface area contributed by atoms with E-state index < -0.39 is 0 Å². The maximum Gasteiger partial charge on any atom is 0.162 e. The largest absolute Gasteiger partial charge is 0.493 e. The fourth-order valence-electron chi connectivity index (χ4n) is 1.16. The van der Waals surface area contributed by atoms with Crippen LogP contribution >= 0.6 is 0 Å². The van der Waals surface area contributed by atoms with Crippen LogP contribution in [-0.4, -0.2) is 13.7 Å². The predicted octanol–water partition coefficient (Wildman–Crippen LogP) is 2.24. The van der Waals surface area contributed by atoms with Crippen molar-refractivity contribution in [3.8, 4) is 29.9 Å². The van der Waals surface area contributed by atoms with Crippen LogP contribution in [0.1, 0.15) is 5.56 Å². The second-order valence-electron chi connectivity index (χ2n) is 2.87. The van der Waals surface area contributed by atoms with Crippen molar-refractivity contribution in [2.45, 2.75) is 0 Å². The highest BCUT2D eigenvalue weighted by Crippen LogP contribution is 2.28. The fourth-order valence-corrected chi connectivity index (χ4v) is 1.16. The molecular weight excluding hydrogens is 202 g/mol. The molecule has 0 fully saturated rings. The summed E-state index contributed by atoms with van der Waals surface area (Å²) < 4.78 is 10.4. The van der Waals surface area contributed by atoms with Crippen LogP contribution in [0.25, 0.3) is 6.08 Å². The van der Waals surface area contributed by atoms with Gasteiger partial charge in [-0.1, -0.05) is 12.0 Å². The van der Waals surface area contributed by atoms with Gasteiger partial charge in [0.05, 0.1) is 13.2 Å². The van der Waals surface area contributed by atoms with Crippen molar-refractivity contribution in [2.24, 2.45) is 0 Å². The first-order valence-corrected chi connectivity index (χ1v) is 4.62. The molecule has 0 saturated heterocycles. The van der Waals surface area contributed by atoms with Gasteiger partial charge in [0.1, 0.15) is 6.61 Å². The molecule has 0 aliphatic rings. The van der Waals surface area contributed by atoms with Crippen LogP contribution in [0.4, 0.5) is 0 Å². The van der Waals surface area contributed by atoms with E-state index in [0.717, 1.165) is 5.56 Å². The SMILES string of the molecule is C#CCOc1ccc(C=CC#N)cc1OC. The van der Waals surface area contributed by atoms with Gasteiger partial charge in [0.2, 0.25) is 0 Å². The molecule has 0 bridgehead atoms. The third-order valence-electron chi connectivity index (χ3n) is 1.85. The molecule has 1 rings (SSSR count). The predicted molar refractivity (Wildman–Crippen MR) is 62.0 cm³/mol. The van der Waals surface area contributed by atoms with Crippen molar-refractivity contribution in [1.82, 2.24) is 0 Å². The van der Waals surface area contributed by atoms with Crippen LogP contribution in [0, 0.1) is 23.7 Å². The molecular formula is C13H11NO2. The quantitative estimate of drug-likeness (QED) is 0.569. The second kappa shape index (κ2) is 6.16. The molecule has 0 N–H and O–H groups in total. The summed E-state index contributed by atoms with van der Waals surface area (Å²) in [4.78, 5) is 0. The average Bonchev–Trinajstić information content (AvgIpc) is 2.34. The Labute approximate surface area is 94.9 Å². The summed E-state index contributed by atoms with van der Waals surface area (Å²) in [5.74, 6) is 3.57. The van der Waals surface area contributed by atoms with Gasteiger partial charge in [0.15, 0.2) is 11.5 Å². The lowest BCUT2D eigenvalue weighted by atomic mass is 10.2. The second-order valence-corrected chi connectivity index (χ2v) is 2.87. The molecule has 16 heavy (non-hydrogen) atoms. The molecule has 0 amide bonds. The average molecular weight is 213 g/mol. The number of ether oxygens (including phenoxy) is 2. The number of nitrogens with zero attached hydrogens (tertiary/aromatic N) is 1. The Bertz CT molecular complexity index is 464. The maximum atomic E-state index is 8.41. The van der Waals surface area contributed by atoms with Crippen LogP contribution in [0.3, 0.4) is 0 Å². The van der Waals surface area contributed by atoms with Crippen molar-refractivity contribution in [3.63, 3.8) is 0 Å². The highest BCUT2D eigenvalue weighted by Gasteiger charge is 2.03. The molecule has 3 nitrogen and oxygen atoms in total. The van der Waals surface area contributed by atoms with E-state index in [2.05, 4.69) is 5.92 Å². The Kier molecular flexibility index (Phi) is 4.50. The number of rotatable bonds is 4. The van der Waals surface area contributed by atoms with E-state index in [9.17, 15) is 0 Å². The van der Waals surface area contributed by atoms with Gasteiger partial charge in [0, 0.05) is 6.08 Å². The maximum absolute atomic E-state index is 8.41. The molecule has 80 valence electrons. The van der Waals surface area contributed by atoms with E-state index in [1.807, 2.05) is 12.1 Å². The van der Waals surface area contributed by atoms with Crippen LogP contribution in [-0.2, 0) is 0 Å². The van der Waals surface area contributed by atoms with Gasteiger partial charge in [0.25, 0.3) is 0 Å². The third-order valence-corrected chi connectivity index (χ3v) is 1.85. The zero-order chi connectivity index (χ0) is 11.8. The Hall–Kier alpha value is -2.39. The summed E-state index contributed by atoms with van der Waals surface area (Å²) in [6.45, 7) is 0.198. The third kappa shape index (κ3) is 3.08. The molecule has 3 heteroatoms. The van der Waals surface area contributed by atoms with Crippen LogP contribution in [0.15, 0.2) is 24.3 Å². The molecule has 1 aromatic carbocycles. The summed E-state index contributed by atoms with van der Waals surface area (Å²) in [5, 5.41) is 8.41. The highest BCUT2D eigenvalue weighted by atomic mass is 16.5. The Morgan fingerprint density at radius 2 is 2.25 bits per heavy atom. The zero-order valence-corrected chi connectivity index (χ0v) is 8.93. The van der Waals surface area contributed by atoms with E-state index in [-0.39, 0.29) is 6.61 Å². The fraction of sp³-hybridized carbons (Fsp3) is 0.154. The number of hydrogen-bond acceptors (Lipinski definition) is 3. The van der Waals surface area contributed by atoms with E-state index in [0.29, 0.717) is 11.5 Å². The standard InChI is InChI=1S/C13H11NO2/c1-3-9-16-12-7-6-11(5-4-8-14)10-13(12)15-2/h1,4-7,10H,9H2,2H3. The summed E-state index contributed by atoms with van der Waals surface area (Å²) in [5.41, 5.74) is 0.867. The summed E-state index contributed by atoms with van der Waals surface area (Å²) in [7, 11) is 1.55. The molecule has 0 unspecified atom stereocenters. The molecule has 1 aromatic rings. The van der Waals surface area contributed by atoms with Crippen molar-refractivity contribution < 1.29 is 9.47 Å². The van der Waals surface area contributed by atoms with Crippen LogP contribution < -0.4 is 9.47 Å². The van der Waals surface area contributed by atoms with Gasteiger partial charge in [-0.3, -0.25) is 0 Å². The Morgan fingerprint density at radius 3 is 2.88 bits per heavy atom. The molecule has 0 aliphatic carbocycles. The van der Waals surface area contributed by atoms with Crippen LogP contribution in [0.2, 0.25) is 0 Å². The Morgan fingerprint density at radius 1 is 1.44 bits per heavy atom. The van der Waals surface area contributed by atoms with Gasteiger partial charge in [-0.25, -0.2) is 0 Å². The number of allylic oxidation sites excluding steroid dienone is 1. The van der Waals surface area contributed by atoms with E-state index in [1.165, 1.54) is 6.08 Å². The molecule has 0 spiro atoms. The van der Waals surface area contributed by atoms with Gasteiger partial charge in [-0.15, -0.1) is 6.42 Å². The minimum Gasteiger partial charge on any atom is -0.493 e. The van der Waals surface area contributed by atoms with Gasteiger partial charge < -0.3 is 9.47 Å². The number of methoxy groups -OCH3 is 1. The topological polar surface area (TPSA) is 42.2 Å². The monoisotopic (exact) mass is 213 g/mol. The lowest BCUT2D eigenvalue weighted by Crippen LogP contribution is -1.96. The summed E-state index contributed by atoms with van der Waals surface area (Å²) in [6, 6.07) is 7.28. The molecule has 0 heterocycles. The first-order chi connectivity index (χ1) is 7.81. The molecule has 0 atom stereocenters. The van der Waals surface area contributed by atoms with E-state index in [4.69, 9.17) is 21.2 Å². The van der Waals surface area contributed by atoms with Gasteiger partial charge in [-0.05, 0) is 23.8 Å². The lowest BCUT2D eigenvalue weighted by Gasteiger charge is -2.08. The normalized spacial score (nSPS) is 9.44. The first-order valence-electron chi connectivity index (χ1n) is 4.62. The highest BCUT2D eigenvalue weighted by molar-refractivity contribution is 5.57.